The van der Waals surface area contributed by atoms with Gasteiger partial charge in [0, 0.05) is 11.7 Å². The van der Waals surface area contributed by atoms with Crippen LogP contribution in [0.15, 0.2) is 23.2 Å². The number of fused-ring (bicyclic) bond motifs is 1. The Bertz CT molecular complexity index is 1170. The number of nitrogens with zero attached hydrogens (tertiary/aromatic N) is 4. The van der Waals surface area contributed by atoms with Gasteiger partial charge in [-0.15, -0.1) is 0 Å². The Morgan fingerprint density at radius 3 is 2.40 bits per heavy atom. The second kappa shape index (κ2) is 8.70. The van der Waals surface area contributed by atoms with Crippen LogP contribution in [0.25, 0.3) is 10.2 Å². The summed E-state index contributed by atoms with van der Waals surface area (Å²) in [6.45, 7) is 5.72. The molecule has 1 aromatic carbocycles. The van der Waals surface area contributed by atoms with Gasteiger partial charge in [-0.1, -0.05) is 11.3 Å². The van der Waals surface area contributed by atoms with Crippen molar-refractivity contribution in [1.29, 1.82) is 0 Å². The van der Waals surface area contributed by atoms with Gasteiger partial charge in [-0.05, 0) is 39.0 Å². The molecule has 2 aromatic heterocycles. The highest BCUT2D eigenvalue weighted by atomic mass is 32.1. The zero-order valence-electron chi connectivity index (χ0n) is 17.8. The quantitative estimate of drug-likeness (QED) is 0.556. The number of hydrogen-bond donors (Lipinski definition) is 0. The van der Waals surface area contributed by atoms with Crippen molar-refractivity contribution in [3.63, 3.8) is 0 Å². The fourth-order valence-corrected chi connectivity index (χ4v) is 4.28. The van der Waals surface area contributed by atoms with E-state index in [-0.39, 0.29) is 18.3 Å². The molecule has 0 spiro atoms. The molecule has 0 bridgehead atoms. The van der Waals surface area contributed by atoms with E-state index in [1.54, 1.807) is 34.6 Å². The molecule has 1 amide bonds. The number of ether oxygens (including phenoxy) is 3. The second-order valence-corrected chi connectivity index (χ2v) is 7.80. The van der Waals surface area contributed by atoms with E-state index in [1.165, 1.54) is 25.6 Å². The molecule has 0 unspecified atom stereocenters. The number of aromatic nitrogens is 3. The molecule has 0 radical (unpaired) electrons. The maximum absolute atomic E-state index is 12.9. The molecule has 0 aliphatic heterocycles. The van der Waals surface area contributed by atoms with E-state index in [0.717, 1.165) is 5.69 Å². The Kier molecular flexibility index (Phi) is 6.25. The summed E-state index contributed by atoms with van der Waals surface area (Å²) >= 11 is 1.23. The highest BCUT2D eigenvalue weighted by Crippen LogP contribution is 2.35. The fraction of sp³-hybridized carbons (Fsp3) is 0.400. The number of methoxy groups -OCH3 is 3. The molecule has 0 aliphatic rings. The van der Waals surface area contributed by atoms with Gasteiger partial charge >= 0.3 is 5.97 Å². The van der Waals surface area contributed by atoms with Crippen LogP contribution >= 0.6 is 11.3 Å². The third kappa shape index (κ3) is 3.95. The summed E-state index contributed by atoms with van der Waals surface area (Å²) in [4.78, 5) is 29.5. The van der Waals surface area contributed by atoms with Crippen LogP contribution in [0.3, 0.4) is 0 Å². The lowest BCUT2D eigenvalue weighted by atomic mass is 10.3. The normalized spacial score (nSPS) is 11.9. The van der Waals surface area contributed by atoms with Gasteiger partial charge in [-0.3, -0.25) is 14.3 Å². The van der Waals surface area contributed by atoms with Crippen LogP contribution in [0.1, 0.15) is 36.1 Å². The van der Waals surface area contributed by atoms with Crippen molar-refractivity contribution in [3.05, 3.63) is 34.4 Å². The minimum absolute atomic E-state index is 0.119. The predicted molar refractivity (Wildman–Crippen MR) is 112 cm³/mol. The first kappa shape index (κ1) is 21.6. The van der Waals surface area contributed by atoms with Crippen molar-refractivity contribution in [2.45, 2.75) is 33.4 Å². The largest absolute Gasteiger partial charge is 0.495 e. The minimum atomic E-state index is -0.499. The molecule has 160 valence electrons. The molecule has 0 atom stereocenters. The first-order valence-corrected chi connectivity index (χ1v) is 10.1. The van der Waals surface area contributed by atoms with E-state index in [2.05, 4.69) is 10.1 Å². The first-order valence-electron chi connectivity index (χ1n) is 9.27. The maximum Gasteiger partial charge on any atom is 0.325 e. The molecule has 30 heavy (non-hydrogen) atoms. The van der Waals surface area contributed by atoms with Crippen molar-refractivity contribution in [2.75, 3.05) is 21.3 Å². The smallest absolute Gasteiger partial charge is 0.325 e. The zero-order chi connectivity index (χ0) is 22.0. The van der Waals surface area contributed by atoms with E-state index in [0.29, 0.717) is 26.5 Å². The number of hydrogen-bond acceptors (Lipinski definition) is 7. The number of esters is 1. The predicted octanol–water partition coefficient (Wildman–Crippen LogP) is 2.72. The number of benzene rings is 1. The van der Waals surface area contributed by atoms with E-state index < -0.39 is 11.9 Å². The molecule has 0 fully saturated rings. The van der Waals surface area contributed by atoms with Crippen LogP contribution < -0.4 is 14.3 Å². The second-order valence-electron chi connectivity index (χ2n) is 6.82. The molecule has 0 saturated carbocycles. The summed E-state index contributed by atoms with van der Waals surface area (Å²) in [6.07, 6.45) is 0. The first-order chi connectivity index (χ1) is 14.3. The summed E-state index contributed by atoms with van der Waals surface area (Å²) in [6, 6.07) is 5.32. The van der Waals surface area contributed by atoms with Gasteiger partial charge in [0.05, 0.1) is 21.3 Å². The number of amides is 1. The molecule has 2 heterocycles. The molecular formula is C20H24N4O5S. The Morgan fingerprint density at radius 1 is 1.17 bits per heavy atom. The van der Waals surface area contributed by atoms with Crippen LogP contribution in [0, 0.1) is 6.92 Å². The fourth-order valence-electron chi connectivity index (χ4n) is 3.14. The Hall–Kier alpha value is -3.14. The lowest BCUT2D eigenvalue weighted by Gasteiger charge is -2.09. The molecule has 0 aliphatic carbocycles. The summed E-state index contributed by atoms with van der Waals surface area (Å²) in [7, 11) is 4.39. The molecule has 10 heteroatoms. The van der Waals surface area contributed by atoms with Gasteiger partial charge in [-0.2, -0.15) is 10.1 Å². The van der Waals surface area contributed by atoms with Gasteiger partial charge in [0.2, 0.25) is 0 Å². The van der Waals surface area contributed by atoms with E-state index >= 15 is 0 Å². The van der Waals surface area contributed by atoms with Crippen molar-refractivity contribution in [3.8, 4) is 11.5 Å². The summed E-state index contributed by atoms with van der Waals surface area (Å²) in [5, 5.41) is 4.36. The highest BCUT2D eigenvalue weighted by Gasteiger charge is 2.20. The van der Waals surface area contributed by atoms with E-state index in [4.69, 9.17) is 14.2 Å². The topological polar surface area (TPSA) is 96.9 Å². The number of thiazole rings is 1. The van der Waals surface area contributed by atoms with Crippen LogP contribution in [-0.2, 0) is 16.1 Å². The van der Waals surface area contributed by atoms with Gasteiger partial charge in [0.15, 0.2) is 10.5 Å². The standard InChI is InChI=1S/C20H24N4O5S/c1-11(2)24-12(3)9-13(22-24)19(26)21-20-23(10-16(25)29-6)17-14(27-4)7-8-15(28-5)18(17)30-20/h7-9,11H,10H2,1-6H3. The Morgan fingerprint density at radius 2 is 1.83 bits per heavy atom. The SMILES string of the molecule is COC(=O)Cn1c(=NC(=O)c2cc(C)n(C(C)C)n2)sc2c(OC)ccc(OC)c21. The van der Waals surface area contributed by atoms with Gasteiger partial charge in [0.1, 0.15) is 28.3 Å². The highest BCUT2D eigenvalue weighted by molar-refractivity contribution is 7.16. The molecule has 3 rings (SSSR count). The van der Waals surface area contributed by atoms with Crippen LogP contribution in [-0.4, -0.2) is 47.6 Å². The average molecular weight is 433 g/mol. The summed E-state index contributed by atoms with van der Waals surface area (Å²) in [5.41, 5.74) is 1.70. The van der Waals surface area contributed by atoms with Gasteiger partial charge in [0.25, 0.3) is 5.91 Å². The van der Waals surface area contributed by atoms with Crippen molar-refractivity contribution in [1.82, 2.24) is 14.3 Å². The van der Waals surface area contributed by atoms with Crippen molar-refractivity contribution >= 4 is 33.4 Å². The molecule has 3 aromatic rings. The van der Waals surface area contributed by atoms with E-state index in [9.17, 15) is 9.59 Å². The van der Waals surface area contributed by atoms with Crippen molar-refractivity contribution in [2.24, 2.45) is 4.99 Å². The van der Waals surface area contributed by atoms with E-state index in [1.807, 2.05) is 20.8 Å². The number of rotatable bonds is 6. The number of aryl methyl sites for hydroxylation is 1. The number of carbonyl (C=O) groups excluding carboxylic acids is 2. The third-order valence-corrected chi connectivity index (χ3v) is 5.63. The molecule has 0 saturated heterocycles. The summed E-state index contributed by atoms with van der Waals surface area (Å²) in [5.74, 6) is 0.136. The lowest BCUT2D eigenvalue weighted by Crippen LogP contribution is -2.22. The molecule has 0 N–H and O–H groups in total. The molecule has 9 nitrogen and oxygen atoms in total. The monoisotopic (exact) mass is 432 g/mol. The maximum atomic E-state index is 12.9. The minimum Gasteiger partial charge on any atom is -0.495 e. The average Bonchev–Trinajstić information content (AvgIpc) is 3.28. The van der Waals surface area contributed by atoms with Gasteiger partial charge in [-0.25, -0.2) is 0 Å². The van der Waals surface area contributed by atoms with Gasteiger partial charge < -0.3 is 18.8 Å². The lowest BCUT2D eigenvalue weighted by molar-refractivity contribution is -0.141. The van der Waals surface area contributed by atoms with Crippen molar-refractivity contribution < 1.29 is 23.8 Å². The van der Waals surface area contributed by atoms with Crippen LogP contribution in [0.2, 0.25) is 0 Å². The number of carbonyl (C=O) groups is 2. The Labute approximate surface area is 177 Å². The van der Waals surface area contributed by atoms with Crippen LogP contribution in [0.5, 0.6) is 11.5 Å². The zero-order valence-corrected chi connectivity index (χ0v) is 18.6. The Balaban J connectivity index is 2.23. The third-order valence-electron chi connectivity index (χ3n) is 4.54. The summed E-state index contributed by atoms with van der Waals surface area (Å²) < 4.78 is 19.8. The molecular weight excluding hydrogens is 408 g/mol. The van der Waals surface area contributed by atoms with Crippen LogP contribution in [0.4, 0.5) is 0 Å².